The molecule has 1 fully saturated rings. The standard InChI is InChI=1S/C21H26N6O/c1-15-16(2)25-19-5-4-17(12-18(15)19)13-24-20(28)14-26-8-10-27(11-9-26)21-22-6-3-7-23-21/h3-7,12,25H,8-11,13-14H2,1-2H3,(H,24,28). The number of aryl methyl sites for hydroxylation is 2. The molecule has 2 N–H and O–H groups in total. The van der Waals surface area contributed by atoms with Crippen LogP contribution in [0.5, 0.6) is 0 Å². The van der Waals surface area contributed by atoms with E-state index in [1.54, 1.807) is 12.4 Å². The van der Waals surface area contributed by atoms with Crippen molar-refractivity contribution in [2.45, 2.75) is 20.4 Å². The molecule has 1 amide bonds. The van der Waals surface area contributed by atoms with Gasteiger partial charge >= 0.3 is 0 Å². The number of aromatic nitrogens is 3. The fraction of sp³-hybridized carbons (Fsp3) is 0.381. The number of hydrogen-bond acceptors (Lipinski definition) is 5. The third kappa shape index (κ3) is 3.99. The Morgan fingerprint density at radius 2 is 1.89 bits per heavy atom. The number of benzene rings is 1. The van der Waals surface area contributed by atoms with Crippen LogP contribution < -0.4 is 10.2 Å². The number of fused-ring (bicyclic) bond motifs is 1. The van der Waals surface area contributed by atoms with E-state index in [0.717, 1.165) is 43.2 Å². The van der Waals surface area contributed by atoms with E-state index < -0.39 is 0 Å². The molecule has 1 aromatic carbocycles. The summed E-state index contributed by atoms with van der Waals surface area (Å²) in [4.78, 5) is 28.7. The van der Waals surface area contributed by atoms with Crippen molar-refractivity contribution in [1.82, 2.24) is 25.2 Å². The Kier molecular flexibility index (Phi) is 5.25. The topological polar surface area (TPSA) is 77.2 Å². The molecule has 0 radical (unpaired) electrons. The molecule has 0 spiro atoms. The summed E-state index contributed by atoms with van der Waals surface area (Å²) >= 11 is 0. The molecule has 0 aliphatic carbocycles. The van der Waals surface area contributed by atoms with Crippen molar-refractivity contribution in [3.8, 4) is 0 Å². The molecule has 2 aromatic heterocycles. The van der Waals surface area contributed by atoms with Crippen molar-refractivity contribution in [2.75, 3.05) is 37.6 Å². The van der Waals surface area contributed by atoms with Gasteiger partial charge in [0, 0.05) is 61.7 Å². The van der Waals surface area contributed by atoms with Crippen LogP contribution in [-0.2, 0) is 11.3 Å². The van der Waals surface area contributed by atoms with Crippen molar-refractivity contribution < 1.29 is 4.79 Å². The van der Waals surface area contributed by atoms with Gasteiger partial charge in [-0.3, -0.25) is 9.69 Å². The summed E-state index contributed by atoms with van der Waals surface area (Å²) in [5.41, 5.74) is 4.72. The van der Waals surface area contributed by atoms with Crippen molar-refractivity contribution in [3.63, 3.8) is 0 Å². The fourth-order valence-electron chi connectivity index (χ4n) is 3.64. The third-order valence-electron chi connectivity index (χ3n) is 5.44. The first-order valence-electron chi connectivity index (χ1n) is 9.69. The Morgan fingerprint density at radius 1 is 1.14 bits per heavy atom. The summed E-state index contributed by atoms with van der Waals surface area (Å²) in [6.07, 6.45) is 3.52. The van der Waals surface area contributed by atoms with E-state index in [2.05, 4.69) is 62.1 Å². The molecule has 4 rings (SSSR count). The number of piperazine rings is 1. The Balaban J connectivity index is 1.27. The van der Waals surface area contributed by atoms with E-state index >= 15 is 0 Å². The van der Waals surface area contributed by atoms with Crippen LogP contribution in [0.3, 0.4) is 0 Å². The van der Waals surface area contributed by atoms with Gasteiger partial charge in [0.15, 0.2) is 0 Å². The summed E-state index contributed by atoms with van der Waals surface area (Å²) in [7, 11) is 0. The molecule has 0 atom stereocenters. The molecule has 1 aliphatic heterocycles. The summed E-state index contributed by atoms with van der Waals surface area (Å²) in [5, 5.41) is 4.28. The lowest BCUT2D eigenvalue weighted by atomic mass is 10.1. The van der Waals surface area contributed by atoms with Crippen molar-refractivity contribution in [1.29, 1.82) is 0 Å². The Morgan fingerprint density at radius 3 is 2.64 bits per heavy atom. The predicted octanol–water partition coefficient (Wildman–Crippen LogP) is 2.01. The van der Waals surface area contributed by atoms with E-state index in [9.17, 15) is 4.79 Å². The fourth-order valence-corrected chi connectivity index (χ4v) is 3.64. The van der Waals surface area contributed by atoms with Gasteiger partial charge in [-0.1, -0.05) is 6.07 Å². The van der Waals surface area contributed by atoms with Gasteiger partial charge in [-0.2, -0.15) is 0 Å². The zero-order valence-corrected chi connectivity index (χ0v) is 16.4. The van der Waals surface area contributed by atoms with Crippen LogP contribution in [-0.4, -0.2) is 58.5 Å². The average Bonchev–Trinajstić information content (AvgIpc) is 3.01. The largest absolute Gasteiger partial charge is 0.358 e. The summed E-state index contributed by atoms with van der Waals surface area (Å²) in [5.74, 6) is 0.823. The number of H-pyrrole nitrogens is 1. The lowest BCUT2D eigenvalue weighted by Crippen LogP contribution is -2.49. The van der Waals surface area contributed by atoms with Crippen LogP contribution in [0.2, 0.25) is 0 Å². The van der Waals surface area contributed by atoms with E-state index in [4.69, 9.17) is 0 Å². The number of rotatable bonds is 5. The van der Waals surface area contributed by atoms with Crippen LogP contribution in [0, 0.1) is 13.8 Å². The number of carbonyl (C=O) groups excluding carboxylic acids is 1. The van der Waals surface area contributed by atoms with Crippen LogP contribution in [0.4, 0.5) is 5.95 Å². The van der Waals surface area contributed by atoms with E-state index in [1.165, 1.54) is 16.6 Å². The van der Waals surface area contributed by atoms with Crippen LogP contribution >= 0.6 is 0 Å². The molecule has 7 heteroatoms. The molecule has 1 saturated heterocycles. The molecule has 7 nitrogen and oxygen atoms in total. The number of nitrogens with zero attached hydrogens (tertiary/aromatic N) is 4. The monoisotopic (exact) mass is 378 g/mol. The summed E-state index contributed by atoms with van der Waals surface area (Å²) < 4.78 is 0. The van der Waals surface area contributed by atoms with E-state index in [-0.39, 0.29) is 5.91 Å². The van der Waals surface area contributed by atoms with Gasteiger partial charge in [0.05, 0.1) is 6.54 Å². The number of aromatic amines is 1. The second kappa shape index (κ2) is 7.98. The highest BCUT2D eigenvalue weighted by Gasteiger charge is 2.20. The molecule has 3 heterocycles. The van der Waals surface area contributed by atoms with Crippen LogP contribution in [0.25, 0.3) is 10.9 Å². The summed E-state index contributed by atoms with van der Waals surface area (Å²) in [6, 6.07) is 8.13. The highest BCUT2D eigenvalue weighted by atomic mass is 16.2. The number of hydrogen-bond donors (Lipinski definition) is 2. The van der Waals surface area contributed by atoms with Crippen LogP contribution in [0.1, 0.15) is 16.8 Å². The quantitative estimate of drug-likeness (QED) is 0.710. The molecule has 1 aliphatic rings. The minimum Gasteiger partial charge on any atom is -0.358 e. The van der Waals surface area contributed by atoms with E-state index in [0.29, 0.717) is 13.1 Å². The lowest BCUT2D eigenvalue weighted by Gasteiger charge is -2.34. The molecule has 0 unspecified atom stereocenters. The maximum absolute atomic E-state index is 12.4. The van der Waals surface area contributed by atoms with Crippen molar-refractivity contribution >= 4 is 22.8 Å². The molecule has 3 aromatic rings. The van der Waals surface area contributed by atoms with Gasteiger partial charge in [-0.15, -0.1) is 0 Å². The van der Waals surface area contributed by atoms with Crippen LogP contribution in [0.15, 0.2) is 36.7 Å². The molecular weight excluding hydrogens is 352 g/mol. The molecule has 28 heavy (non-hydrogen) atoms. The highest BCUT2D eigenvalue weighted by Crippen LogP contribution is 2.22. The molecule has 0 bridgehead atoms. The maximum atomic E-state index is 12.4. The van der Waals surface area contributed by atoms with Gasteiger partial charge in [0.1, 0.15) is 0 Å². The van der Waals surface area contributed by atoms with Gasteiger partial charge in [0.2, 0.25) is 11.9 Å². The Labute approximate surface area is 164 Å². The van der Waals surface area contributed by atoms with Gasteiger partial charge in [-0.05, 0) is 43.2 Å². The second-order valence-corrected chi connectivity index (χ2v) is 7.34. The van der Waals surface area contributed by atoms with E-state index in [1.807, 2.05) is 6.07 Å². The minimum atomic E-state index is 0.0616. The number of amides is 1. The second-order valence-electron chi connectivity index (χ2n) is 7.34. The normalized spacial score (nSPS) is 15.1. The number of nitrogens with one attached hydrogen (secondary N) is 2. The van der Waals surface area contributed by atoms with Gasteiger partial charge in [-0.25, -0.2) is 9.97 Å². The maximum Gasteiger partial charge on any atom is 0.234 e. The molecular formula is C21H26N6O. The Hall–Kier alpha value is -2.93. The summed E-state index contributed by atoms with van der Waals surface area (Å²) in [6.45, 7) is 8.51. The molecule has 146 valence electrons. The number of carbonyl (C=O) groups is 1. The zero-order chi connectivity index (χ0) is 19.5. The third-order valence-corrected chi connectivity index (χ3v) is 5.44. The Bertz CT molecular complexity index is 960. The van der Waals surface area contributed by atoms with Crippen molar-refractivity contribution in [3.05, 3.63) is 53.5 Å². The van der Waals surface area contributed by atoms with Crippen molar-refractivity contribution in [2.24, 2.45) is 0 Å². The zero-order valence-electron chi connectivity index (χ0n) is 16.4. The smallest absolute Gasteiger partial charge is 0.234 e. The molecule has 0 saturated carbocycles. The van der Waals surface area contributed by atoms with Gasteiger partial charge in [0.25, 0.3) is 0 Å². The minimum absolute atomic E-state index is 0.0616. The first-order chi connectivity index (χ1) is 13.6. The lowest BCUT2D eigenvalue weighted by molar-refractivity contribution is -0.122. The first kappa shape index (κ1) is 18.4. The predicted molar refractivity (Wildman–Crippen MR) is 110 cm³/mol. The van der Waals surface area contributed by atoms with Gasteiger partial charge < -0.3 is 15.2 Å². The first-order valence-corrected chi connectivity index (χ1v) is 9.69. The average molecular weight is 378 g/mol. The highest BCUT2D eigenvalue weighted by molar-refractivity contribution is 5.85. The number of anilines is 1. The SMILES string of the molecule is Cc1[nH]c2ccc(CNC(=O)CN3CCN(c4ncccn4)CC3)cc2c1C.